The van der Waals surface area contributed by atoms with E-state index in [2.05, 4.69) is 53.5 Å². The van der Waals surface area contributed by atoms with E-state index in [-0.39, 0.29) is 5.91 Å². The highest BCUT2D eigenvalue weighted by Crippen LogP contribution is 2.26. The SMILES string of the molecule is CCCN(CCc1cccc(NC(=O)c2ccccc2)c1)C1Cc2ccccc2C1. The van der Waals surface area contributed by atoms with Crippen LogP contribution in [0.25, 0.3) is 0 Å². The van der Waals surface area contributed by atoms with E-state index in [0.717, 1.165) is 38.0 Å². The molecule has 0 bridgehead atoms. The number of carbonyl (C=O) groups is 1. The van der Waals surface area contributed by atoms with Gasteiger partial charge in [0.25, 0.3) is 5.91 Å². The predicted octanol–water partition coefficient (Wildman–Crippen LogP) is 5.36. The van der Waals surface area contributed by atoms with E-state index >= 15 is 0 Å². The molecule has 0 unspecified atom stereocenters. The summed E-state index contributed by atoms with van der Waals surface area (Å²) in [5, 5.41) is 3.03. The molecule has 154 valence electrons. The average Bonchev–Trinajstić information content (AvgIpc) is 3.21. The standard InChI is InChI=1S/C27H30N2O/c1-2-16-29(26-19-23-12-6-7-13-24(23)20-26)17-15-21-9-8-14-25(18-21)28-27(30)22-10-4-3-5-11-22/h3-14,18,26H,2,15-17,19-20H2,1H3,(H,28,30). The summed E-state index contributed by atoms with van der Waals surface area (Å²) in [5.41, 5.74) is 5.82. The maximum Gasteiger partial charge on any atom is 0.255 e. The molecule has 4 rings (SSSR count). The lowest BCUT2D eigenvalue weighted by Crippen LogP contribution is -2.38. The Balaban J connectivity index is 1.37. The molecule has 0 saturated carbocycles. The van der Waals surface area contributed by atoms with Crippen molar-refractivity contribution in [1.29, 1.82) is 0 Å². The lowest BCUT2D eigenvalue weighted by Gasteiger charge is -2.28. The topological polar surface area (TPSA) is 32.3 Å². The van der Waals surface area contributed by atoms with Gasteiger partial charge in [0.2, 0.25) is 0 Å². The van der Waals surface area contributed by atoms with Gasteiger partial charge in [-0.2, -0.15) is 0 Å². The normalized spacial score (nSPS) is 13.4. The molecule has 3 aromatic carbocycles. The van der Waals surface area contributed by atoms with Crippen LogP contribution in [0.5, 0.6) is 0 Å². The van der Waals surface area contributed by atoms with Crippen LogP contribution >= 0.6 is 0 Å². The molecule has 1 aliphatic carbocycles. The van der Waals surface area contributed by atoms with E-state index < -0.39 is 0 Å². The maximum atomic E-state index is 12.4. The van der Waals surface area contributed by atoms with Crippen LogP contribution in [0.2, 0.25) is 0 Å². The van der Waals surface area contributed by atoms with Crippen molar-refractivity contribution in [2.75, 3.05) is 18.4 Å². The smallest absolute Gasteiger partial charge is 0.255 e. The van der Waals surface area contributed by atoms with Gasteiger partial charge in [-0.3, -0.25) is 9.69 Å². The first-order chi connectivity index (χ1) is 14.7. The molecule has 3 nitrogen and oxygen atoms in total. The van der Waals surface area contributed by atoms with Crippen molar-refractivity contribution in [3.05, 3.63) is 101 Å². The van der Waals surface area contributed by atoms with Gasteiger partial charge in [-0.25, -0.2) is 0 Å². The van der Waals surface area contributed by atoms with Crippen LogP contribution in [0.1, 0.15) is 40.4 Å². The fourth-order valence-corrected chi connectivity index (χ4v) is 4.43. The van der Waals surface area contributed by atoms with E-state index in [4.69, 9.17) is 0 Å². The molecule has 0 radical (unpaired) electrons. The first-order valence-electron chi connectivity index (χ1n) is 11.0. The summed E-state index contributed by atoms with van der Waals surface area (Å²) in [4.78, 5) is 15.1. The number of hydrogen-bond acceptors (Lipinski definition) is 2. The van der Waals surface area contributed by atoms with Crippen LogP contribution in [-0.2, 0) is 19.3 Å². The van der Waals surface area contributed by atoms with Crippen molar-refractivity contribution in [3.63, 3.8) is 0 Å². The summed E-state index contributed by atoms with van der Waals surface area (Å²) in [7, 11) is 0. The van der Waals surface area contributed by atoms with Crippen LogP contribution in [0.15, 0.2) is 78.9 Å². The van der Waals surface area contributed by atoms with Gasteiger partial charge in [-0.15, -0.1) is 0 Å². The highest BCUT2D eigenvalue weighted by atomic mass is 16.1. The Morgan fingerprint density at radius 2 is 1.60 bits per heavy atom. The fraction of sp³-hybridized carbons (Fsp3) is 0.296. The maximum absolute atomic E-state index is 12.4. The number of benzene rings is 3. The molecular formula is C27H30N2O. The van der Waals surface area contributed by atoms with Gasteiger partial charge in [0.1, 0.15) is 0 Å². The molecule has 0 aromatic heterocycles. The summed E-state index contributed by atoms with van der Waals surface area (Å²) in [6.07, 6.45) is 4.47. The highest BCUT2D eigenvalue weighted by molar-refractivity contribution is 6.04. The third kappa shape index (κ3) is 4.98. The summed E-state index contributed by atoms with van der Waals surface area (Å²) in [5.74, 6) is -0.0657. The quantitative estimate of drug-likeness (QED) is 0.554. The lowest BCUT2D eigenvalue weighted by molar-refractivity contribution is 0.102. The molecule has 1 amide bonds. The molecule has 0 heterocycles. The molecule has 3 aromatic rings. The van der Waals surface area contributed by atoms with Crippen molar-refractivity contribution in [2.24, 2.45) is 0 Å². The van der Waals surface area contributed by atoms with Crippen molar-refractivity contribution < 1.29 is 4.79 Å². The van der Waals surface area contributed by atoms with Gasteiger partial charge in [0, 0.05) is 23.8 Å². The Kier molecular flexibility index (Phi) is 6.60. The second kappa shape index (κ2) is 9.73. The lowest BCUT2D eigenvalue weighted by atomic mass is 10.1. The Morgan fingerprint density at radius 1 is 0.900 bits per heavy atom. The second-order valence-electron chi connectivity index (χ2n) is 8.14. The number of rotatable bonds is 8. The minimum atomic E-state index is -0.0657. The minimum Gasteiger partial charge on any atom is -0.322 e. The summed E-state index contributed by atoms with van der Waals surface area (Å²) in [6, 6.07) is 27.1. The van der Waals surface area contributed by atoms with Crippen LogP contribution in [-0.4, -0.2) is 29.9 Å². The van der Waals surface area contributed by atoms with Crippen LogP contribution in [0, 0.1) is 0 Å². The number of nitrogens with one attached hydrogen (secondary N) is 1. The number of fused-ring (bicyclic) bond motifs is 1. The number of nitrogens with zero attached hydrogens (tertiary/aromatic N) is 1. The zero-order chi connectivity index (χ0) is 20.8. The third-order valence-corrected chi connectivity index (χ3v) is 5.97. The third-order valence-electron chi connectivity index (χ3n) is 5.97. The first-order valence-corrected chi connectivity index (χ1v) is 11.0. The van der Waals surface area contributed by atoms with Gasteiger partial charge in [0.15, 0.2) is 0 Å². The molecule has 0 spiro atoms. The number of amides is 1. The molecule has 1 N–H and O–H groups in total. The summed E-state index contributed by atoms with van der Waals surface area (Å²) < 4.78 is 0. The van der Waals surface area contributed by atoms with E-state index in [9.17, 15) is 4.79 Å². The van der Waals surface area contributed by atoms with Gasteiger partial charge >= 0.3 is 0 Å². The monoisotopic (exact) mass is 398 g/mol. The Labute approximate surface area is 179 Å². The fourth-order valence-electron chi connectivity index (χ4n) is 4.43. The summed E-state index contributed by atoms with van der Waals surface area (Å²) >= 11 is 0. The largest absolute Gasteiger partial charge is 0.322 e. The van der Waals surface area contributed by atoms with E-state index in [1.807, 2.05) is 42.5 Å². The second-order valence-corrected chi connectivity index (χ2v) is 8.14. The van der Waals surface area contributed by atoms with Gasteiger partial charge in [-0.05, 0) is 73.2 Å². The van der Waals surface area contributed by atoms with Crippen molar-refractivity contribution in [2.45, 2.75) is 38.6 Å². The highest BCUT2D eigenvalue weighted by Gasteiger charge is 2.25. The number of carbonyl (C=O) groups excluding carboxylic acids is 1. The van der Waals surface area contributed by atoms with E-state index in [1.54, 1.807) is 0 Å². The Bertz CT molecular complexity index is 958. The molecule has 1 aliphatic rings. The van der Waals surface area contributed by atoms with Gasteiger partial charge in [0.05, 0.1) is 0 Å². The molecule has 30 heavy (non-hydrogen) atoms. The molecule has 0 aliphatic heterocycles. The number of anilines is 1. The number of hydrogen-bond donors (Lipinski definition) is 1. The molecule has 0 saturated heterocycles. The molecule has 0 fully saturated rings. The van der Waals surface area contributed by atoms with Gasteiger partial charge < -0.3 is 5.32 Å². The van der Waals surface area contributed by atoms with Crippen LogP contribution < -0.4 is 5.32 Å². The average molecular weight is 399 g/mol. The molecule has 3 heteroatoms. The van der Waals surface area contributed by atoms with Crippen LogP contribution in [0.3, 0.4) is 0 Å². The van der Waals surface area contributed by atoms with E-state index in [1.165, 1.54) is 23.1 Å². The molecule has 0 atom stereocenters. The van der Waals surface area contributed by atoms with Gasteiger partial charge in [-0.1, -0.05) is 61.5 Å². The Hall–Kier alpha value is -2.91. The van der Waals surface area contributed by atoms with Crippen molar-refractivity contribution >= 4 is 11.6 Å². The summed E-state index contributed by atoms with van der Waals surface area (Å²) in [6.45, 7) is 4.43. The minimum absolute atomic E-state index is 0.0657. The van der Waals surface area contributed by atoms with Crippen LogP contribution in [0.4, 0.5) is 5.69 Å². The Morgan fingerprint density at radius 3 is 2.30 bits per heavy atom. The zero-order valence-corrected chi connectivity index (χ0v) is 17.7. The first kappa shape index (κ1) is 20.4. The molecular weight excluding hydrogens is 368 g/mol. The van der Waals surface area contributed by atoms with Crippen molar-refractivity contribution in [1.82, 2.24) is 4.90 Å². The van der Waals surface area contributed by atoms with E-state index in [0.29, 0.717) is 11.6 Å². The van der Waals surface area contributed by atoms with Crippen molar-refractivity contribution in [3.8, 4) is 0 Å². The zero-order valence-electron chi connectivity index (χ0n) is 17.7. The predicted molar refractivity (Wildman–Crippen MR) is 124 cm³/mol.